The minimum Gasteiger partial charge on any atom is -0.494 e. The number of anilines is 1. The van der Waals surface area contributed by atoms with E-state index in [9.17, 15) is 13.2 Å². The molecule has 7 heteroatoms. The number of ether oxygens (including phenoxy) is 1. The summed E-state index contributed by atoms with van der Waals surface area (Å²) in [5.41, 5.74) is 2.56. The number of carbonyl (C=O) groups excluding carboxylic acids is 1. The van der Waals surface area contributed by atoms with Gasteiger partial charge in [0.15, 0.2) is 0 Å². The summed E-state index contributed by atoms with van der Waals surface area (Å²) in [6.07, 6.45) is 2.69. The zero-order valence-electron chi connectivity index (χ0n) is 17.5. The van der Waals surface area contributed by atoms with Gasteiger partial charge >= 0.3 is 0 Å². The van der Waals surface area contributed by atoms with Gasteiger partial charge in [0.2, 0.25) is 15.9 Å². The lowest BCUT2D eigenvalue weighted by Crippen LogP contribution is -2.41. The van der Waals surface area contributed by atoms with E-state index in [4.69, 9.17) is 4.74 Å². The van der Waals surface area contributed by atoms with E-state index in [1.807, 2.05) is 45.0 Å². The zero-order valence-corrected chi connectivity index (χ0v) is 18.3. The molecule has 0 bridgehead atoms. The fourth-order valence-corrected chi connectivity index (χ4v) is 3.78. The lowest BCUT2D eigenvalue weighted by Gasteiger charge is -2.24. The molecule has 0 heterocycles. The van der Waals surface area contributed by atoms with Gasteiger partial charge in [-0.15, -0.1) is 0 Å². The van der Waals surface area contributed by atoms with Gasteiger partial charge in [-0.25, -0.2) is 8.42 Å². The quantitative estimate of drug-likeness (QED) is 0.636. The van der Waals surface area contributed by atoms with Crippen LogP contribution in [0, 0.1) is 6.92 Å². The lowest BCUT2D eigenvalue weighted by molar-refractivity contribution is -0.120. The summed E-state index contributed by atoms with van der Waals surface area (Å²) in [6.45, 7) is 6.31. The van der Waals surface area contributed by atoms with Crippen molar-refractivity contribution in [3.63, 3.8) is 0 Å². The van der Waals surface area contributed by atoms with Crippen LogP contribution in [0.5, 0.6) is 5.75 Å². The molecule has 0 saturated heterocycles. The first-order valence-corrected chi connectivity index (χ1v) is 11.7. The molecule has 1 unspecified atom stereocenters. The van der Waals surface area contributed by atoms with Crippen molar-refractivity contribution in [2.24, 2.45) is 0 Å². The molecule has 1 atom stereocenters. The van der Waals surface area contributed by atoms with E-state index in [1.54, 1.807) is 24.3 Å². The second-order valence-corrected chi connectivity index (χ2v) is 8.96. The summed E-state index contributed by atoms with van der Waals surface area (Å²) in [6, 6.07) is 14.5. The Bertz CT molecular complexity index is 893. The Morgan fingerprint density at radius 2 is 1.69 bits per heavy atom. The van der Waals surface area contributed by atoms with Crippen LogP contribution in [0.15, 0.2) is 48.5 Å². The highest BCUT2D eigenvalue weighted by Crippen LogP contribution is 2.22. The molecule has 2 aromatic carbocycles. The third kappa shape index (κ3) is 6.78. The van der Waals surface area contributed by atoms with Gasteiger partial charge in [0, 0.05) is 0 Å². The number of sulfonamides is 1. The maximum Gasteiger partial charge on any atom is 0.241 e. The van der Waals surface area contributed by atoms with Gasteiger partial charge in [-0.3, -0.25) is 9.10 Å². The van der Waals surface area contributed by atoms with Crippen molar-refractivity contribution in [2.75, 3.05) is 23.7 Å². The molecule has 1 amide bonds. The first kappa shape index (κ1) is 22.7. The van der Waals surface area contributed by atoms with Crippen molar-refractivity contribution in [3.05, 3.63) is 59.7 Å². The van der Waals surface area contributed by atoms with E-state index < -0.39 is 10.0 Å². The highest BCUT2D eigenvalue weighted by Gasteiger charge is 2.22. The average molecular weight is 419 g/mol. The van der Waals surface area contributed by atoms with Crippen LogP contribution in [-0.2, 0) is 14.8 Å². The minimum atomic E-state index is -3.62. The number of amides is 1. The number of nitrogens with zero attached hydrogens (tertiary/aromatic N) is 1. The van der Waals surface area contributed by atoms with E-state index >= 15 is 0 Å². The highest BCUT2D eigenvalue weighted by molar-refractivity contribution is 7.92. The average Bonchev–Trinajstić information content (AvgIpc) is 2.69. The summed E-state index contributed by atoms with van der Waals surface area (Å²) in [7, 11) is -3.62. The van der Waals surface area contributed by atoms with Gasteiger partial charge in [-0.1, -0.05) is 43.7 Å². The monoisotopic (exact) mass is 418 g/mol. The molecular formula is C22H30N2O4S. The molecule has 0 radical (unpaired) electrons. The van der Waals surface area contributed by atoms with Crippen molar-refractivity contribution in [2.45, 2.75) is 39.7 Å². The Morgan fingerprint density at radius 1 is 1.07 bits per heavy atom. The van der Waals surface area contributed by atoms with Crippen molar-refractivity contribution in [3.8, 4) is 5.75 Å². The number of benzene rings is 2. The SMILES string of the molecule is CCCOc1ccc(N(CC(=O)NC(CC)c2ccc(C)cc2)S(C)(=O)=O)cc1. The molecule has 0 fully saturated rings. The van der Waals surface area contributed by atoms with Crippen molar-refractivity contribution >= 4 is 21.6 Å². The predicted octanol–water partition coefficient (Wildman–Crippen LogP) is 3.82. The molecule has 0 spiro atoms. The number of hydrogen-bond donors (Lipinski definition) is 1. The summed E-state index contributed by atoms with van der Waals surface area (Å²) >= 11 is 0. The van der Waals surface area contributed by atoms with E-state index in [0.29, 0.717) is 24.5 Å². The molecule has 0 saturated carbocycles. The molecule has 2 aromatic rings. The van der Waals surface area contributed by atoms with Gasteiger partial charge < -0.3 is 10.1 Å². The first-order chi connectivity index (χ1) is 13.7. The zero-order chi connectivity index (χ0) is 21.4. The van der Waals surface area contributed by atoms with Gasteiger partial charge in [0.05, 0.1) is 24.6 Å². The largest absolute Gasteiger partial charge is 0.494 e. The van der Waals surface area contributed by atoms with E-state index in [0.717, 1.165) is 28.1 Å². The predicted molar refractivity (Wildman–Crippen MR) is 117 cm³/mol. The Labute approximate surface area is 173 Å². The molecular weight excluding hydrogens is 388 g/mol. The van der Waals surface area contributed by atoms with Crippen LogP contribution >= 0.6 is 0 Å². The maximum absolute atomic E-state index is 12.6. The summed E-state index contributed by atoms with van der Waals surface area (Å²) < 4.78 is 31.2. The second kappa shape index (κ2) is 10.3. The molecule has 29 heavy (non-hydrogen) atoms. The van der Waals surface area contributed by atoms with Gasteiger partial charge in [0.25, 0.3) is 0 Å². The lowest BCUT2D eigenvalue weighted by atomic mass is 10.0. The van der Waals surface area contributed by atoms with Crippen molar-refractivity contribution < 1.29 is 17.9 Å². The van der Waals surface area contributed by atoms with Crippen molar-refractivity contribution in [1.29, 1.82) is 0 Å². The van der Waals surface area contributed by atoms with Crippen LogP contribution < -0.4 is 14.4 Å². The van der Waals surface area contributed by atoms with Crippen LogP contribution in [-0.4, -0.2) is 33.7 Å². The fourth-order valence-electron chi connectivity index (χ4n) is 2.92. The molecule has 1 N–H and O–H groups in total. The first-order valence-electron chi connectivity index (χ1n) is 9.81. The summed E-state index contributed by atoms with van der Waals surface area (Å²) in [5, 5.41) is 2.94. The normalized spacial score (nSPS) is 12.3. The molecule has 158 valence electrons. The summed E-state index contributed by atoms with van der Waals surface area (Å²) in [4.78, 5) is 12.6. The number of aryl methyl sites for hydroxylation is 1. The van der Waals surface area contributed by atoms with E-state index in [2.05, 4.69) is 5.32 Å². The van der Waals surface area contributed by atoms with E-state index in [1.165, 1.54) is 0 Å². The number of nitrogens with one attached hydrogen (secondary N) is 1. The third-order valence-electron chi connectivity index (χ3n) is 4.51. The molecule has 2 rings (SSSR count). The number of hydrogen-bond acceptors (Lipinski definition) is 4. The van der Waals surface area contributed by atoms with Gasteiger partial charge in [-0.2, -0.15) is 0 Å². The standard InChI is InChI=1S/C22H30N2O4S/c1-5-15-28-20-13-11-19(12-14-20)24(29(4,26)27)16-22(25)23-21(6-2)18-9-7-17(3)8-10-18/h7-14,21H,5-6,15-16H2,1-4H3,(H,23,25). The molecule has 0 aliphatic heterocycles. The Morgan fingerprint density at radius 3 is 2.21 bits per heavy atom. The molecule has 0 aromatic heterocycles. The van der Waals surface area contributed by atoms with Gasteiger partial charge in [0.1, 0.15) is 12.3 Å². The Kier molecular flexibility index (Phi) is 8.08. The summed E-state index contributed by atoms with van der Waals surface area (Å²) in [5.74, 6) is 0.313. The number of carbonyl (C=O) groups is 1. The van der Waals surface area contributed by atoms with Crippen LogP contribution in [0.1, 0.15) is 43.9 Å². The molecule has 6 nitrogen and oxygen atoms in total. The fraction of sp³-hybridized carbons (Fsp3) is 0.409. The molecule has 0 aliphatic carbocycles. The van der Waals surface area contributed by atoms with Crippen LogP contribution in [0.25, 0.3) is 0 Å². The third-order valence-corrected chi connectivity index (χ3v) is 5.65. The van der Waals surface area contributed by atoms with Crippen LogP contribution in [0.4, 0.5) is 5.69 Å². The highest BCUT2D eigenvalue weighted by atomic mass is 32.2. The van der Waals surface area contributed by atoms with E-state index in [-0.39, 0.29) is 18.5 Å². The smallest absolute Gasteiger partial charge is 0.241 e. The van der Waals surface area contributed by atoms with Crippen molar-refractivity contribution in [1.82, 2.24) is 5.32 Å². The Hall–Kier alpha value is -2.54. The topological polar surface area (TPSA) is 75.7 Å². The van der Waals surface area contributed by atoms with Crippen LogP contribution in [0.2, 0.25) is 0 Å². The minimum absolute atomic E-state index is 0.172. The molecule has 0 aliphatic rings. The maximum atomic E-state index is 12.6. The second-order valence-electron chi connectivity index (χ2n) is 7.05. The van der Waals surface area contributed by atoms with Gasteiger partial charge in [-0.05, 0) is 49.6 Å². The Balaban J connectivity index is 2.13. The van der Waals surface area contributed by atoms with Crippen LogP contribution in [0.3, 0.4) is 0 Å². The number of rotatable bonds is 10.